The van der Waals surface area contributed by atoms with Crippen LogP contribution in [0, 0.1) is 0 Å². The molecule has 47 heavy (non-hydrogen) atoms. The standard InChI is InChI=1S/C42H42O4Si/c1-42(2,3)47(4,5)46-36-22-18-33(19-23-36)41(43)40-38-25-24-37(45-29-31-14-10-7-11-15-31)26-34(38)27-39(40)32-16-20-35(21-17-32)44-28-30-12-8-6-9-13-30/h6-26H,27-29H2,1-5H3. The van der Waals surface area contributed by atoms with Crippen molar-refractivity contribution in [2.24, 2.45) is 0 Å². The molecule has 5 heteroatoms. The largest absolute Gasteiger partial charge is 0.544 e. The lowest BCUT2D eigenvalue weighted by atomic mass is 9.93. The van der Waals surface area contributed by atoms with E-state index < -0.39 is 8.32 Å². The molecule has 4 nitrogen and oxygen atoms in total. The second-order valence-corrected chi connectivity index (χ2v) is 18.4. The molecule has 1 aliphatic rings. The van der Waals surface area contributed by atoms with Gasteiger partial charge in [0.2, 0.25) is 8.32 Å². The molecule has 5 aromatic rings. The Morgan fingerprint density at radius 3 is 1.77 bits per heavy atom. The van der Waals surface area contributed by atoms with Crippen molar-refractivity contribution >= 4 is 25.2 Å². The van der Waals surface area contributed by atoms with Crippen LogP contribution in [0.15, 0.2) is 127 Å². The van der Waals surface area contributed by atoms with Gasteiger partial charge in [-0.2, -0.15) is 0 Å². The maximum atomic E-state index is 14.3. The Morgan fingerprint density at radius 2 is 1.19 bits per heavy atom. The maximum Gasteiger partial charge on any atom is 0.250 e. The summed E-state index contributed by atoms with van der Waals surface area (Å²) < 4.78 is 18.7. The highest BCUT2D eigenvalue weighted by Gasteiger charge is 2.39. The van der Waals surface area contributed by atoms with E-state index in [0.29, 0.717) is 25.2 Å². The van der Waals surface area contributed by atoms with Crippen LogP contribution >= 0.6 is 0 Å². The second kappa shape index (κ2) is 13.5. The molecule has 0 saturated heterocycles. The smallest absolute Gasteiger partial charge is 0.250 e. The Bertz CT molecular complexity index is 1870. The molecule has 0 bridgehead atoms. The Labute approximate surface area is 279 Å². The molecule has 6 rings (SSSR count). The summed E-state index contributed by atoms with van der Waals surface area (Å²) in [7, 11) is -2.00. The average molecular weight is 639 g/mol. The van der Waals surface area contributed by atoms with E-state index in [1.807, 2.05) is 84.9 Å². The number of hydrogen-bond donors (Lipinski definition) is 0. The number of benzene rings is 5. The van der Waals surface area contributed by atoms with Gasteiger partial charge in [-0.1, -0.05) is 99.6 Å². The number of rotatable bonds is 11. The zero-order valence-corrected chi connectivity index (χ0v) is 28.9. The molecule has 0 atom stereocenters. The molecule has 0 heterocycles. The van der Waals surface area contributed by atoms with Gasteiger partial charge in [0.15, 0.2) is 5.78 Å². The van der Waals surface area contributed by atoms with Crippen molar-refractivity contribution in [3.05, 3.63) is 161 Å². The lowest BCUT2D eigenvalue weighted by molar-refractivity contribution is 0.105. The topological polar surface area (TPSA) is 44.8 Å². The minimum absolute atomic E-state index is 0.0000143. The van der Waals surface area contributed by atoms with Crippen LogP contribution in [-0.4, -0.2) is 14.1 Å². The van der Waals surface area contributed by atoms with E-state index in [2.05, 4.69) is 76.3 Å². The monoisotopic (exact) mass is 638 g/mol. The van der Waals surface area contributed by atoms with Crippen molar-refractivity contribution in [1.29, 1.82) is 0 Å². The normalized spacial score (nSPS) is 12.9. The van der Waals surface area contributed by atoms with Gasteiger partial charge < -0.3 is 13.9 Å². The first-order valence-electron chi connectivity index (χ1n) is 16.2. The molecular weight excluding hydrogens is 597 g/mol. The van der Waals surface area contributed by atoms with Gasteiger partial charge in [0.25, 0.3) is 0 Å². The van der Waals surface area contributed by atoms with Gasteiger partial charge >= 0.3 is 0 Å². The highest BCUT2D eigenvalue weighted by atomic mass is 28.4. The molecule has 1 aliphatic carbocycles. The zero-order valence-electron chi connectivity index (χ0n) is 27.9. The van der Waals surface area contributed by atoms with E-state index >= 15 is 0 Å². The summed E-state index contributed by atoms with van der Waals surface area (Å²) in [4.78, 5) is 14.3. The molecule has 0 aliphatic heterocycles. The van der Waals surface area contributed by atoms with E-state index in [1.165, 1.54) is 0 Å². The predicted octanol–water partition coefficient (Wildman–Crippen LogP) is 10.6. The second-order valence-electron chi connectivity index (χ2n) is 13.6. The highest BCUT2D eigenvalue weighted by Crippen LogP contribution is 2.42. The van der Waals surface area contributed by atoms with Crippen molar-refractivity contribution in [2.45, 2.75) is 58.5 Å². The molecule has 5 aromatic carbocycles. The van der Waals surface area contributed by atoms with Gasteiger partial charge in [-0.25, -0.2) is 0 Å². The summed E-state index contributed by atoms with van der Waals surface area (Å²) in [6.45, 7) is 12.1. The van der Waals surface area contributed by atoms with Crippen LogP contribution in [0.3, 0.4) is 0 Å². The third-order valence-electron chi connectivity index (χ3n) is 9.24. The number of hydrogen-bond acceptors (Lipinski definition) is 4. The summed E-state index contributed by atoms with van der Waals surface area (Å²) >= 11 is 0. The first-order chi connectivity index (χ1) is 22.6. The molecule has 0 spiro atoms. The number of Topliss-reactive ketones (excluding diaryl/α,β-unsaturated/α-hetero) is 1. The summed E-state index contributed by atoms with van der Waals surface area (Å²) in [5, 5.41) is 0.0839. The minimum atomic E-state index is -2.00. The molecule has 0 unspecified atom stereocenters. The van der Waals surface area contributed by atoms with Crippen molar-refractivity contribution in [3.8, 4) is 17.2 Å². The summed E-state index contributed by atoms with van der Waals surface area (Å²) in [6, 6.07) is 42.1. The van der Waals surface area contributed by atoms with Gasteiger partial charge in [-0.05, 0) is 106 Å². The van der Waals surface area contributed by atoms with E-state index in [-0.39, 0.29) is 10.8 Å². The first kappa shape index (κ1) is 32.1. The van der Waals surface area contributed by atoms with Crippen LogP contribution in [0.4, 0.5) is 0 Å². The number of ketones is 1. The third kappa shape index (κ3) is 7.42. The highest BCUT2D eigenvalue weighted by molar-refractivity contribution is 6.74. The third-order valence-corrected chi connectivity index (χ3v) is 13.6. The Hall–Kier alpha value is -4.87. The van der Waals surface area contributed by atoms with Crippen molar-refractivity contribution in [1.82, 2.24) is 0 Å². The quantitative estimate of drug-likeness (QED) is 0.107. The first-order valence-corrected chi connectivity index (χ1v) is 19.1. The fourth-order valence-corrected chi connectivity index (χ4v) is 6.53. The van der Waals surface area contributed by atoms with Crippen LogP contribution in [-0.2, 0) is 19.6 Å². The van der Waals surface area contributed by atoms with Gasteiger partial charge in [-0.15, -0.1) is 0 Å². The maximum absolute atomic E-state index is 14.3. The molecule has 0 saturated carbocycles. The van der Waals surface area contributed by atoms with Crippen molar-refractivity contribution < 1.29 is 18.7 Å². The fraction of sp³-hybridized carbons (Fsp3) is 0.214. The van der Waals surface area contributed by atoms with Gasteiger partial charge in [0.05, 0.1) is 0 Å². The van der Waals surface area contributed by atoms with E-state index in [1.54, 1.807) is 0 Å². The molecule has 0 amide bonds. The summed E-state index contributed by atoms with van der Waals surface area (Å²) in [5.74, 6) is 2.38. The SMILES string of the molecule is CC(C)(C)[Si](C)(C)Oc1ccc(C(=O)C2=C(c3ccc(OCc4ccccc4)cc3)Cc3cc(OCc4ccccc4)ccc32)cc1. The number of allylic oxidation sites excluding steroid dienone is 2. The van der Waals surface area contributed by atoms with Crippen molar-refractivity contribution in [3.63, 3.8) is 0 Å². The van der Waals surface area contributed by atoms with E-state index in [4.69, 9.17) is 13.9 Å². The molecular formula is C42H42O4Si. The molecule has 238 valence electrons. The van der Waals surface area contributed by atoms with E-state index in [9.17, 15) is 4.79 Å². The summed E-state index contributed by atoms with van der Waals surface area (Å²) in [5.41, 5.74) is 7.62. The van der Waals surface area contributed by atoms with Gasteiger partial charge in [0.1, 0.15) is 30.5 Å². The van der Waals surface area contributed by atoms with Crippen LogP contribution in [0.2, 0.25) is 18.1 Å². The van der Waals surface area contributed by atoms with Crippen LogP contribution in [0.25, 0.3) is 11.1 Å². The predicted molar refractivity (Wildman–Crippen MR) is 194 cm³/mol. The number of ether oxygens (including phenoxy) is 2. The Balaban J connectivity index is 1.28. The number of carbonyl (C=O) groups excluding carboxylic acids is 1. The van der Waals surface area contributed by atoms with Crippen LogP contribution < -0.4 is 13.9 Å². The van der Waals surface area contributed by atoms with Crippen LogP contribution in [0.5, 0.6) is 17.2 Å². The fourth-order valence-electron chi connectivity index (χ4n) is 5.50. The van der Waals surface area contributed by atoms with Crippen LogP contribution in [0.1, 0.15) is 58.9 Å². The number of fused-ring (bicyclic) bond motifs is 1. The minimum Gasteiger partial charge on any atom is -0.544 e. The number of carbonyl (C=O) groups is 1. The van der Waals surface area contributed by atoms with Gasteiger partial charge in [-0.3, -0.25) is 4.79 Å². The lowest BCUT2D eigenvalue weighted by Gasteiger charge is -2.36. The molecule has 0 N–H and O–H groups in total. The average Bonchev–Trinajstić information content (AvgIpc) is 3.46. The van der Waals surface area contributed by atoms with Gasteiger partial charge in [0, 0.05) is 11.1 Å². The Kier molecular flexibility index (Phi) is 9.19. The molecule has 0 radical (unpaired) electrons. The van der Waals surface area contributed by atoms with E-state index in [0.717, 1.165) is 56.2 Å². The molecule has 0 fully saturated rings. The molecule has 0 aromatic heterocycles. The zero-order chi connectivity index (χ0) is 33.0. The summed E-state index contributed by atoms with van der Waals surface area (Å²) in [6.07, 6.45) is 0.635. The Morgan fingerprint density at radius 1 is 0.660 bits per heavy atom. The van der Waals surface area contributed by atoms with Crippen molar-refractivity contribution in [2.75, 3.05) is 0 Å². The lowest BCUT2D eigenvalue weighted by Crippen LogP contribution is -2.43.